The summed E-state index contributed by atoms with van der Waals surface area (Å²) >= 11 is -0.137. The van der Waals surface area contributed by atoms with Crippen LogP contribution in [0.25, 0.3) is 0 Å². The molecule has 0 spiro atoms. The molecule has 1 unspecified atom stereocenters. The number of aliphatic hydroxyl groups is 1. The smallest absolute Gasteiger partial charge is 0.259 e. The molecule has 1 N–H and O–H groups in total. The third-order valence-corrected chi connectivity index (χ3v) is 4.23. The summed E-state index contributed by atoms with van der Waals surface area (Å²) in [6.45, 7) is 1.89. The van der Waals surface area contributed by atoms with Gasteiger partial charge in [0.2, 0.25) is 0 Å². The van der Waals surface area contributed by atoms with Gasteiger partial charge in [-0.25, -0.2) is 0 Å². The lowest BCUT2D eigenvalue weighted by atomic mass is 10.3. The van der Waals surface area contributed by atoms with E-state index in [0.29, 0.717) is 0 Å². The van der Waals surface area contributed by atoms with Gasteiger partial charge >= 0.3 is 0 Å². The second-order valence-electron chi connectivity index (χ2n) is 2.87. The van der Waals surface area contributed by atoms with Crippen LogP contribution in [0, 0.1) is 0 Å². The number of rotatable bonds is 3. The van der Waals surface area contributed by atoms with Crippen molar-refractivity contribution in [3.63, 3.8) is 0 Å². The molecule has 1 fully saturated rings. The Kier molecular flexibility index (Phi) is 2.37. The summed E-state index contributed by atoms with van der Waals surface area (Å²) in [7, 11) is 0. The van der Waals surface area contributed by atoms with E-state index in [-0.39, 0.29) is 20.3 Å². The Morgan fingerprint density at radius 3 is 2.62 bits per heavy atom. The summed E-state index contributed by atoms with van der Waals surface area (Å²) in [5.41, 5.74) is 0. The van der Waals surface area contributed by atoms with Gasteiger partial charge in [0, 0.05) is 0 Å². The minimum Gasteiger partial charge on any atom is -0.393 e. The Morgan fingerprint density at radius 2 is 2.25 bits per heavy atom. The van der Waals surface area contributed by atoms with Gasteiger partial charge in [-0.05, 0) is 13.3 Å². The van der Waals surface area contributed by atoms with E-state index in [0.717, 1.165) is 6.42 Å². The van der Waals surface area contributed by atoms with Crippen molar-refractivity contribution in [3.05, 3.63) is 0 Å². The Morgan fingerprint density at radius 1 is 1.62 bits per heavy atom. The summed E-state index contributed by atoms with van der Waals surface area (Å²) in [5, 5.41) is 13.3. The summed E-state index contributed by atoms with van der Waals surface area (Å²) in [6.07, 6.45) is 1.03. The fourth-order valence-corrected chi connectivity index (χ4v) is 3.36. The van der Waals surface area contributed by atoms with Gasteiger partial charge in [0.25, 0.3) is 14.1 Å². The largest absolute Gasteiger partial charge is 0.393 e. The first-order valence-electron chi connectivity index (χ1n) is 3.47. The number of aliphatic hydroxyl groups excluding tert-OH is 1. The standard InChI is InChI=1S/C4H9O.C2H4.Al/c1-3-4(2)5;1-2;/h4-5H,1,3H2,2H3;1-2H2;. The summed E-state index contributed by atoms with van der Waals surface area (Å²) in [6, 6.07) is 0. The Hall–Kier alpha value is 0.492. The molecular weight excluding hydrogens is 115 g/mol. The van der Waals surface area contributed by atoms with Crippen LogP contribution in [0.4, 0.5) is 0 Å². The molecule has 0 radical (unpaired) electrons. The molecule has 0 aliphatic carbocycles. The summed E-state index contributed by atoms with van der Waals surface area (Å²) in [4.78, 5) is 0. The Bertz CT molecular complexity index is 66.9. The second-order valence-corrected chi connectivity index (χ2v) is 6.33. The first-order chi connectivity index (χ1) is 3.79. The monoisotopic (exact) mass is 128 g/mol. The number of hydrogen-bond donors (Lipinski definition) is 1. The molecule has 0 bridgehead atoms. The fraction of sp³-hybridized carbons (Fsp3) is 1.00. The van der Waals surface area contributed by atoms with Gasteiger partial charge in [0.05, 0.1) is 6.10 Å². The molecule has 1 heterocycles. The zero-order chi connectivity index (χ0) is 5.98. The fourth-order valence-electron chi connectivity index (χ4n) is 0.883. The number of hydrogen-bond acceptors (Lipinski definition) is 1. The average Bonchev–Trinajstić information content (AvgIpc) is 2.41. The summed E-state index contributed by atoms with van der Waals surface area (Å²) in [5.74, 6) is 0. The van der Waals surface area contributed by atoms with E-state index in [2.05, 4.69) is 0 Å². The quantitative estimate of drug-likeness (QED) is 0.567. The predicted octanol–water partition coefficient (Wildman–Crippen LogP) is 1.27. The zero-order valence-electron chi connectivity index (χ0n) is 5.43. The molecule has 2 heteroatoms. The van der Waals surface area contributed by atoms with Crippen molar-refractivity contribution >= 4 is 14.1 Å². The van der Waals surface area contributed by atoms with E-state index in [1.54, 1.807) is 10.6 Å². The molecule has 1 atom stereocenters. The normalized spacial score (nSPS) is 21.0. The molecule has 0 aromatic rings. The average molecular weight is 128 g/mol. The SMILES string of the molecule is CC(O)C[CH2][Al]1[CH2][CH2]1. The van der Waals surface area contributed by atoms with Crippen LogP contribution in [-0.4, -0.2) is 25.4 Å². The minimum absolute atomic E-state index is 0.0388. The molecule has 1 aliphatic heterocycles. The third kappa shape index (κ3) is 2.72. The van der Waals surface area contributed by atoms with E-state index >= 15 is 0 Å². The molecule has 0 saturated carbocycles. The van der Waals surface area contributed by atoms with Crippen LogP contribution in [-0.2, 0) is 0 Å². The topological polar surface area (TPSA) is 20.2 Å². The maximum atomic E-state index is 8.85. The lowest BCUT2D eigenvalue weighted by molar-refractivity contribution is 0.190. The van der Waals surface area contributed by atoms with Gasteiger partial charge in [-0.2, -0.15) is 0 Å². The summed E-state index contributed by atoms with van der Waals surface area (Å²) < 4.78 is 0. The predicted molar refractivity (Wildman–Crippen MR) is 36.5 cm³/mol. The molecule has 46 valence electrons. The van der Waals surface area contributed by atoms with Crippen LogP contribution >= 0.6 is 0 Å². The van der Waals surface area contributed by atoms with Gasteiger partial charge in [0.15, 0.2) is 0 Å². The van der Waals surface area contributed by atoms with Crippen LogP contribution < -0.4 is 0 Å². The zero-order valence-corrected chi connectivity index (χ0v) is 6.59. The van der Waals surface area contributed by atoms with Crippen LogP contribution in [0.2, 0.25) is 15.8 Å². The van der Waals surface area contributed by atoms with Gasteiger partial charge in [-0.15, -0.1) is 10.6 Å². The van der Waals surface area contributed by atoms with Crippen molar-refractivity contribution in [2.45, 2.75) is 35.3 Å². The highest BCUT2D eigenvalue weighted by Gasteiger charge is 2.28. The van der Waals surface area contributed by atoms with Crippen molar-refractivity contribution in [1.29, 1.82) is 0 Å². The van der Waals surface area contributed by atoms with Crippen molar-refractivity contribution < 1.29 is 5.11 Å². The first kappa shape index (κ1) is 6.61. The molecule has 1 aliphatic rings. The maximum Gasteiger partial charge on any atom is 0.259 e. The molecule has 1 nitrogen and oxygen atoms in total. The lowest BCUT2D eigenvalue weighted by Gasteiger charge is -1.98. The Balaban J connectivity index is 1.87. The lowest BCUT2D eigenvalue weighted by Crippen LogP contribution is -2.00. The van der Waals surface area contributed by atoms with Gasteiger partial charge < -0.3 is 5.11 Å². The van der Waals surface area contributed by atoms with Crippen molar-refractivity contribution in [1.82, 2.24) is 0 Å². The molecule has 1 rings (SSSR count). The molecule has 0 aromatic carbocycles. The van der Waals surface area contributed by atoms with Crippen molar-refractivity contribution in [3.8, 4) is 0 Å². The Labute approximate surface area is 55.1 Å². The van der Waals surface area contributed by atoms with Crippen molar-refractivity contribution in [2.75, 3.05) is 0 Å². The highest BCUT2D eigenvalue weighted by molar-refractivity contribution is 6.69. The van der Waals surface area contributed by atoms with E-state index in [1.165, 1.54) is 5.28 Å². The maximum absolute atomic E-state index is 8.85. The van der Waals surface area contributed by atoms with E-state index in [9.17, 15) is 0 Å². The van der Waals surface area contributed by atoms with Crippen molar-refractivity contribution in [2.24, 2.45) is 0 Å². The molecule has 0 amide bonds. The van der Waals surface area contributed by atoms with Gasteiger partial charge in [-0.1, -0.05) is 5.28 Å². The highest BCUT2D eigenvalue weighted by atomic mass is 27.2. The van der Waals surface area contributed by atoms with E-state index < -0.39 is 0 Å². The second kappa shape index (κ2) is 2.87. The van der Waals surface area contributed by atoms with Crippen LogP contribution in [0.5, 0.6) is 0 Å². The van der Waals surface area contributed by atoms with E-state index in [4.69, 9.17) is 5.11 Å². The third-order valence-electron chi connectivity index (χ3n) is 1.69. The molecule has 0 aromatic heterocycles. The van der Waals surface area contributed by atoms with E-state index in [1.807, 2.05) is 6.92 Å². The molecule has 8 heavy (non-hydrogen) atoms. The highest BCUT2D eigenvalue weighted by Crippen LogP contribution is 2.26. The molecular formula is C6H13AlO. The minimum atomic E-state index is -0.137. The van der Waals surface area contributed by atoms with Crippen LogP contribution in [0.1, 0.15) is 13.3 Å². The first-order valence-corrected chi connectivity index (χ1v) is 5.92. The van der Waals surface area contributed by atoms with Crippen LogP contribution in [0.15, 0.2) is 0 Å². The van der Waals surface area contributed by atoms with Crippen LogP contribution in [0.3, 0.4) is 0 Å². The van der Waals surface area contributed by atoms with Gasteiger partial charge in [-0.3, -0.25) is 0 Å². The molecule has 1 saturated heterocycles. The van der Waals surface area contributed by atoms with Gasteiger partial charge in [0.1, 0.15) is 0 Å².